The van der Waals surface area contributed by atoms with E-state index in [1.54, 1.807) is 26.0 Å². The number of thioether (sulfide) groups is 1. The molecular weight excluding hydrogens is 272 g/mol. The van der Waals surface area contributed by atoms with Gasteiger partial charge >= 0.3 is 0 Å². The van der Waals surface area contributed by atoms with Crippen LogP contribution in [0.5, 0.6) is 0 Å². The normalized spacial score (nSPS) is 11.7. The minimum Gasteiger partial charge on any atom is -0.389 e. The Hall–Kier alpha value is -1.14. The van der Waals surface area contributed by atoms with Gasteiger partial charge in [-0.05, 0) is 26.0 Å². The number of amides is 1. The Balaban J connectivity index is 2.93. The van der Waals surface area contributed by atoms with Gasteiger partial charge in [-0.25, -0.2) is 0 Å². The van der Waals surface area contributed by atoms with Crippen LogP contribution in [0.1, 0.15) is 24.2 Å². The van der Waals surface area contributed by atoms with Crippen LogP contribution < -0.4 is 0 Å². The molecule has 0 aliphatic rings. The minimum absolute atomic E-state index is 0.125. The maximum absolute atomic E-state index is 12.4. The summed E-state index contributed by atoms with van der Waals surface area (Å²) in [4.78, 5) is 13.7. The van der Waals surface area contributed by atoms with Crippen molar-refractivity contribution in [3.63, 3.8) is 0 Å². The number of halogens is 2. The van der Waals surface area contributed by atoms with Crippen LogP contribution in [0.4, 0.5) is 8.78 Å². The molecule has 0 aromatic heterocycles. The summed E-state index contributed by atoms with van der Waals surface area (Å²) in [5.74, 6) is -2.96. The van der Waals surface area contributed by atoms with Gasteiger partial charge in [0.2, 0.25) is 0 Å². The summed E-state index contributed by atoms with van der Waals surface area (Å²) >= 11 is 0.345. The summed E-state index contributed by atoms with van der Waals surface area (Å²) in [5.41, 5.74) is -0.811. The molecule has 106 valence electrons. The van der Waals surface area contributed by atoms with E-state index < -0.39 is 11.4 Å². The number of aliphatic hydroxyl groups is 1. The first-order valence-electron chi connectivity index (χ1n) is 5.72. The lowest BCUT2D eigenvalue weighted by atomic mass is 10.1. The molecule has 1 aromatic rings. The van der Waals surface area contributed by atoms with E-state index in [0.29, 0.717) is 11.8 Å². The lowest BCUT2D eigenvalue weighted by Gasteiger charge is -2.26. The highest BCUT2D eigenvalue weighted by atomic mass is 32.2. The van der Waals surface area contributed by atoms with Crippen molar-refractivity contribution in [3.8, 4) is 0 Å². The van der Waals surface area contributed by atoms with E-state index in [1.807, 2.05) is 0 Å². The van der Waals surface area contributed by atoms with E-state index in [0.717, 1.165) is 0 Å². The molecule has 0 spiro atoms. The fraction of sp³-hybridized carbons (Fsp3) is 0.462. The molecule has 0 atom stereocenters. The van der Waals surface area contributed by atoms with Crippen molar-refractivity contribution in [2.45, 2.75) is 30.1 Å². The molecule has 1 aromatic carbocycles. The molecule has 1 N–H and O–H groups in total. The molecule has 19 heavy (non-hydrogen) atoms. The van der Waals surface area contributed by atoms with Gasteiger partial charge in [-0.15, -0.1) is 0 Å². The maximum atomic E-state index is 12.4. The zero-order valence-electron chi connectivity index (χ0n) is 11.1. The Morgan fingerprint density at radius 3 is 2.53 bits per heavy atom. The summed E-state index contributed by atoms with van der Waals surface area (Å²) in [5, 5.41) is 9.68. The maximum Gasteiger partial charge on any atom is 0.288 e. The molecule has 0 saturated carbocycles. The van der Waals surface area contributed by atoms with Crippen LogP contribution in [-0.2, 0) is 0 Å². The quantitative estimate of drug-likeness (QED) is 0.847. The first-order valence-corrected chi connectivity index (χ1v) is 6.60. The number of nitrogens with zero attached hydrogens (tertiary/aromatic N) is 1. The monoisotopic (exact) mass is 289 g/mol. The summed E-state index contributed by atoms with van der Waals surface area (Å²) < 4.78 is 24.9. The smallest absolute Gasteiger partial charge is 0.288 e. The van der Waals surface area contributed by atoms with Gasteiger partial charge < -0.3 is 10.0 Å². The average molecular weight is 289 g/mol. The van der Waals surface area contributed by atoms with Crippen LogP contribution in [-0.4, -0.2) is 40.9 Å². The zero-order valence-corrected chi connectivity index (χ0v) is 11.9. The topological polar surface area (TPSA) is 40.5 Å². The number of hydrogen-bond donors (Lipinski definition) is 1. The largest absolute Gasteiger partial charge is 0.389 e. The number of rotatable bonds is 5. The Labute approximate surface area is 115 Å². The van der Waals surface area contributed by atoms with Crippen molar-refractivity contribution in [1.29, 1.82) is 0 Å². The van der Waals surface area contributed by atoms with E-state index in [2.05, 4.69) is 0 Å². The van der Waals surface area contributed by atoms with Crippen molar-refractivity contribution < 1.29 is 18.7 Å². The predicted octanol–water partition coefficient (Wildman–Crippen LogP) is 2.84. The molecule has 0 heterocycles. The highest BCUT2D eigenvalue weighted by Crippen LogP contribution is 2.29. The van der Waals surface area contributed by atoms with Crippen molar-refractivity contribution in [2.24, 2.45) is 0 Å². The molecule has 0 fully saturated rings. The molecule has 0 saturated heterocycles. The number of carbonyl (C=O) groups excluding carboxylic acids is 1. The average Bonchev–Trinajstić information content (AvgIpc) is 2.25. The second-order valence-electron chi connectivity index (χ2n) is 4.85. The number of alkyl halides is 2. The molecule has 0 aliphatic heterocycles. The lowest BCUT2D eigenvalue weighted by molar-refractivity contribution is 0.0366. The van der Waals surface area contributed by atoms with Crippen LogP contribution >= 0.6 is 11.8 Å². The van der Waals surface area contributed by atoms with Gasteiger partial charge in [-0.3, -0.25) is 4.79 Å². The number of hydrogen-bond acceptors (Lipinski definition) is 3. The SMILES string of the molecule is CN(CC(C)(C)O)C(=O)c1ccccc1SC(F)F. The van der Waals surface area contributed by atoms with Crippen LogP contribution in [0.2, 0.25) is 0 Å². The van der Waals surface area contributed by atoms with Gasteiger partial charge in [0.1, 0.15) is 0 Å². The Morgan fingerprint density at radius 1 is 1.42 bits per heavy atom. The molecule has 3 nitrogen and oxygen atoms in total. The summed E-state index contributed by atoms with van der Waals surface area (Å²) in [6.07, 6.45) is 0. The fourth-order valence-corrected chi connectivity index (χ4v) is 2.33. The molecule has 0 bridgehead atoms. The van der Waals surface area contributed by atoms with Crippen LogP contribution in [0, 0.1) is 0 Å². The second kappa shape index (κ2) is 6.34. The zero-order chi connectivity index (χ0) is 14.6. The first kappa shape index (κ1) is 15.9. The van der Waals surface area contributed by atoms with Gasteiger partial charge in [-0.1, -0.05) is 23.9 Å². The van der Waals surface area contributed by atoms with E-state index >= 15 is 0 Å². The van der Waals surface area contributed by atoms with E-state index in [1.165, 1.54) is 24.1 Å². The third-order valence-corrected chi connectivity index (χ3v) is 3.09. The van der Waals surface area contributed by atoms with Gasteiger partial charge in [-0.2, -0.15) is 8.78 Å². The van der Waals surface area contributed by atoms with Gasteiger partial charge in [0.05, 0.1) is 11.2 Å². The minimum atomic E-state index is -2.58. The van der Waals surface area contributed by atoms with E-state index in [9.17, 15) is 18.7 Å². The molecule has 0 unspecified atom stereocenters. The predicted molar refractivity (Wildman–Crippen MR) is 71.6 cm³/mol. The molecule has 6 heteroatoms. The fourth-order valence-electron chi connectivity index (χ4n) is 1.70. The third kappa shape index (κ3) is 5.16. The van der Waals surface area contributed by atoms with Crippen molar-refractivity contribution >= 4 is 17.7 Å². The van der Waals surface area contributed by atoms with Crippen LogP contribution in [0.15, 0.2) is 29.2 Å². The Morgan fingerprint density at radius 2 is 2.00 bits per heavy atom. The summed E-state index contributed by atoms with van der Waals surface area (Å²) in [6, 6.07) is 6.23. The first-order chi connectivity index (χ1) is 8.70. The van der Waals surface area contributed by atoms with E-state index in [4.69, 9.17) is 0 Å². The van der Waals surface area contributed by atoms with Gasteiger partial charge in [0, 0.05) is 18.5 Å². The summed E-state index contributed by atoms with van der Waals surface area (Å²) in [6.45, 7) is 3.28. The van der Waals surface area contributed by atoms with Gasteiger partial charge in [0.25, 0.3) is 11.7 Å². The highest BCUT2D eigenvalue weighted by Gasteiger charge is 2.22. The summed E-state index contributed by atoms with van der Waals surface area (Å²) in [7, 11) is 1.53. The van der Waals surface area contributed by atoms with Crippen LogP contribution in [0.3, 0.4) is 0 Å². The number of likely N-dealkylation sites (N-methyl/N-ethyl adjacent to an activating group) is 1. The molecule has 1 rings (SSSR count). The Bertz CT molecular complexity index is 447. The third-order valence-electron chi connectivity index (χ3n) is 2.30. The number of benzene rings is 1. The lowest BCUT2D eigenvalue weighted by Crippen LogP contribution is -2.39. The van der Waals surface area contributed by atoms with E-state index in [-0.39, 0.29) is 22.9 Å². The molecule has 0 radical (unpaired) electrons. The molecular formula is C13H17F2NO2S. The van der Waals surface area contributed by atoms with Crippen LogP contribution in [0.25, 0.3) is 0 Å². The number of carbonyl (C=O) groups is 1. The Kier molecular flexibility index (Phi) is 5.31. The van der Waals surface area contributed by atoms with Gasteiger partial charge in [0.15, 0.2) is 0 Å². The molecule has 0 aliphatic carbocycles. The van der Waals surface area contributed by atoms with Crippen molar-refractivity contribution in [2.75, 3.05) is 13.6 Å². The molecule has 1 amide bonds. The highest BCUT2D eigenvalue weighted by molar-refractivity contribution is 7.99. The second-order valence-corrected chi connectivity index (χ2v) is 5.88. The standard InChI is InChI=1S/C13H17F2NO2S/c1-13(2,18)8-16(3)11(17)9-6-4-5-7-10(9)19-12(14)15/h4-7,12,18H,8H2,1-3H3. The van der Waals surface area contributed by atoms with Crippen molar-refractivity contribution in [1.82, 2.24) is 4.90 Å². The van der Waals surface area contributed by atoms with Crippen molar-refractivity contribution in [3.05, 3.63) is 29.8 Å².